The van der Waals surface area contributed by atoms with Crippen molar-refractivity contribution in [1.82, 2.24) is 9.97 Å². The summed E-state index contributed by atoms with van der Waals surface area (Å²) in [6.07, 6.45) is 4.55. The molecule has 0 radical (unpaired) electrons. The highest BCUT2D eigenvalue weighted by Gasteiger charge is 2.20. The molecule has 108 valence electrons. The molecule has 0 spiro atoms. The molecule has 0 amide bonds. The highest BCUT2D eigenvalue weighted by Crippen LogP contribution is 2.24. The highest BCUT2D eigenvalue weighted by molar-refractivity contribution is 5.46. The fourth-order valence-electron chi connectivity index (χ4n) is 1.90. The van der Waals surface area contributed by atoms with E-state index in [0.29, 0.717) is 0 Å². The van der Waals surface area contributed by atoms with Crippen molar-refractivity contribution in [2.24, 2.45) is 0 Å². The van der Waals surface area contributed by atoms with Crippen LogP contribution >= 0.6 is 0 Å². The zero-order chi connectivity index (χ0) is 14.5. The molecule has 0 aromatic carbocycles. The van der Waals surface area contributed by atoms with E-state index in [1.165, 1.54) is 24.1 Å². The van der Waals surface area contributed by atoms with Gasteiger partial charge in [0.1, 0.15) is 11.6 Å². The third kappa shape index (κ3) is 4.48. The predicted molar refractivity (Wildman–Crippen MR) is 82.9 cm³/mol. The zero-order valence-electron chi connectivity index (χ0n) is 13.4. The van der Waals surface area contributed by atoms with Crippen LogP contribution in [0.2, 0.25) is 0 Å². The second-order valence-corrected chi connectivity index (χ2v) is 6.25. The van der Waals surface area contributed by atoms with E-state index >= 15 is 0 Å². The minimum atomic E-state index is -0.00267. The topological polar surface area (TPSA) is 37.8 Å². The second kappa shape index (κ2) is 6.88. The first-order valence-corrected chi connectivity index (χ1v) is 7.52. The Morgan fingerprint density at radius 2 is 1.74 bits per heavy atom. The van der Waals surface area contributed by atoms with Gasteiger partial charge in [-0.2, -0.15) is 0 Å². The van der Waals surface area contributed by atoms with Crippen LogP contribution < -0.4 is 5.32 Å². The van der Waals surface area contributed by atoms with Crippen molar-refractivity contribution in [2.45, 2.75) is 72.6 Å². The summed E-state index contributed by atoms with van der Waals surface area (Å²) in [7, 11) is 0. The van der Waals surface area contributed by atoms with Crippen LogP contribution in [0, 0.1) is 6.92 Å². The number of nitrogens with zero attached hydrogens (tertiary/aromatic N) is 2. The van der Waals surface area contributed by atoms with E-state index < -0.39 is 0 Å². The summed E-state index contributed by atoms with van der Waals surface area (Å²) in [6, 6.07) is 0. The van der Waals surface area contributed by atoms with Gasteiger partial charge < -0.3 is 5.32 Å². The van der Waals surface area contributed by atoms with Crippen molar-refractivity contribution < 1.29 is 0 Å². The number of nitrogens with one attached hydrogen (secondary N) is 1. The van der Waals surface area contributed by atoms with Crippen LogP contribution in [-0.2, 0) is 11.8 Å². The second-order valence-electron chi connectivity index (χ2n) is 6.25. The number of hydrogen-bond acceptors (Lipinski definition) is 3. The van der Waals surface area contributed by atoms with E-state index in [1.807, 2.05) is 0 Å². The molecule has 0 saturated heterocycles. The molecule has 1 N–H and O–H groups in total. The molecule has 1 rings (SSSR count). The lowest BCUT2D eigenvalue weighted by atomic mass is 9.95. The van der Waals surface area contributed by atoms with Crippen LogP contribution in [0.1, 0.15) is 71.0 Å². The molecule has 0 fully saturated rings. The van der Waals surface area contributed by atoms with Crippen molar-refractivity contribution in [2.75, 3.05) is 11.9 Å². The molecule has 3 heteroatoms. The standard InChI is InChI=1S/C16H29N3/c1-7-9-10-13-12(3)14(17-11-8-2)19-15(18-13)16(4,5)6/h7-11H2,1-6H3,(H,17,18,19). The van der Waals surface area contributed by atoms with Gasteiger partial charge in [-0.15, -0.1) is 0 Å². The van der Waals surface area contributed by atoms with Crippen molar-refractivity contribution in [1.29, 1.82) is 0 Å². The number of aromatic nitrogens is 2. The normalized spacial score (nSPS) is 11.7. The third-order valence-corrected chi connectivity index (χ3v) is 3.23. The lowest BCUT2D eigenvalue weighted by molar-refractivity contribution is 0.540. The average molecular weight is 263 g/mol. The first-order chi connectivity index (χ1) is 8.90. The monoisotopic (exact) mass is 263 g/mol. The number of anilines is 1. The van der Waals surface area contributed by atoms with Crippen molar-refractivity contribution >= 4 is 5.82 Å². The molecule has 0 atom stereocenters. The molecule has 1 heterocycles. The van der Waals surface area contributed by atoms with Gasteiger partial charge in [0.25, 0.3) is 0 Å². The van der Waals surface area contributed by atoms with E-state index in [2.05, 4.69) is 46.9 Å². The minimum absolute atomic E-state index is 0.00267. The maximum atomic E-state index is 4.80. The number of unbranched alkanes of at least 4 members (excludes halogenated alkanes) is 1. The molecule has 3 nitrogen and oxygen atoms in total. The van der Waals surface area contributed by atoms with Crippen molar-refractivity contribution in [3.8, 4) is 0 Å². The SMILES string of the molecule is CCCCc1nc(C(C)(C)C)nc(NCCC)c1C. The molecule has 0 unspecified atom stereocenters. The predicted octanol–water partition coefficient (Wildman–Crippen LogP) is 4.25. The molecule has 0 bridgehead atoms. The molecule has 1 aromatic heterocycles. The number of aryl methyl sites for hydroxylation is 1. The quantitative estimate of drug-likeness (QED) is 0.834. The maximum Gasteiger partial charge on any atom is 0.136 e. The average Bonchev–Trinajstić information content (AvgIpc) is 2.34. The van der Waals surface area contributed by atoms with Crippen molar-refractivity contribution in [3.05, 3.63) is 17.1 Å². The summed E-state index contributed by atoms with van der Waals surface area (Å²) in [5.74, 6) is 1.97. The molecule has 1 aromatic rings. The van der Waals surface area contributed by atoms with Gasteiger partial charge in [0.05, 0.1) is 0 Å². The summed E-state index contributed by atoms with van der Waals surface area (Å²) < 4.78 is 0. The number of rotatable bonds is 6. The Hall–Kier alpha value is -1.12. The molecule has 19 heavy (non-hydrogen) atoms. The molecular formula is C16H29N3. The van der Waals surface area contributed by atoms with E-state index in [4.69, 9.17) is 9.97 Å². The largest absolute Gasteiger partial charge is 0.370 e. The first kappa shape index (κ1) is 15.9. The minimum Gasteiger partial charge on any atom is -0.370 e. The lowest BCUT2D eigenvalue weighted by Crippen LogP contribution is -2.20. The van der Waals surface area contributed by atoms with Crippen LogP contribution in [0.4, 0.5) is 5.82 Å². The summed E-state index contributed by atoms with van der Waals surface area (Å²) in [5.41, 5.74) is 2.42. The van der Waals surface area contributed by atoms with Gasteiger partial charge in [-0.3, -0.25) is 0 Å². The molecule has 0 aliphatic heterocycles. The Morgan fingerprint density at radius 1 is 1.05 bits per heavy atom. The summed E-state index contributed by atoms with van der Waals surface area (Å²) in [4.78, 5) is 9.53. The molecular weight excluding hydrogens is 234 g/mol. The first-order valence-electron chi connectivity index (χ1n) is 7.52. The van der Waals surface area contributed by atoms with Crippen LogP contribution in [-0.4, -0.2) is 16.5 Å². The molecule has 0 aliphatic carbocycles. The van der Waals surface area contributed by atoms with Crippen LogP contribution in [0.5, 0.6) is 0 Å². The Bertz CT molecular complexity index is 376. The Kier molecular flexibility index (Phi) is 5.77. The summed E-state index contributed by atoms with van der Waals surface area (Å²) in [6.45, 7) is 14.0. The van der Waals surface area contributed by atoms with Gasteiger partial charge >= 0.3 is 0 Å². The molecule has 0 saturated carbocycles. The fraction of sp³-hybridized carbons (Fsp3) is 0.750. The van der Waals surface area contributed by atoms with Crippen LogP contribution in [0.3, 0.4) is 0 Å². The van der Waals surface area contributed by atoms with E-state index in [1.54, 1.807) is 0 Å². The van der Waals surface area contributed by atoms with Crippen LogP contribution in [0.15, 0.2) is 0 Å². The lowest BCUT2D eigenvalue weighted by Gasteiger charge is -2.21. The van der Waals surface area contributed by atoms with E-state index in [0.717, 1.165) is 31.0 Å². The van der Waals surface area contributed by atoms with Gasteiger partial charge in [-0.1, -0.05) is 41.0 Å². The van der Waals surface area contributed by atoms with E-state index in [-0.39, 0.29) is 5.41 Å². The fourth-order valence-corrected chi connectivity index (χ4v) is 1.90. The van der Waals surface area contributed by atoms with Crippen molar-refractivity contribution in [3.63, 3.8) is 0 Å². The summed E-state index contributed by atoms with van der Waals surface area (Å²) >= 11 is 0. The Labute approximate surface area is 118 Å². The Balaban J connectivity index is 3.14. The van der Waals surface area contributed by atoms with Gasteiger partial charge in [0.15, 0.2) is 0 Å². The maximum absolute atomic E-state index is 4.80. The highest BCUT2D eigenvalue weighted by atomic mass is 15.0. The van der Waals surface area contributed by atoms with Crippen LogP contribution in [0.25, 0.3) is 0 Å². The third-order valence-electron chi connectivity index (χ3n) is 3.23. The van der Waals surface area contributed by atoms with Gasteiger partial charge in [-0.25, -0.2) is 9.97 Å². The summed E-state index contributed by atoms with van der Waals surface area (Å²) in [5, 5.41) is 3.44. The van der Waals surface area contributed by atoms with Gasteiger partial charge in [0, 0.05) is 23.2 Å². The Morgan fingerprint density at radius 3 is 2.26 bits per heavy atom. The molecule has 0 aliphatic rings. The van der Waals surface area contributed by atoms with Gasteiger partial charge in [-0.05, 0) is 26.2 Å². The van der Waals surface area contributed by atoms with Gasteiger partial charge in [0.2, 0.25) is 0 Å². The van der Waals surface area contributed by atoms with E-state index in [9.17, 15) is 0 Å². The smallest absolute Gasteiger partial charge is 0.136 e. The zero-order valence-corrected chi connectivity index (χ0v) is 13.4. The number of hydrogen-bond donors (Lipinski definition) is 1.